The highest BCUT2D eigenvalue weighted by Gasteiger charge is 2.43. The summed E-state index contributed by atoms with van der Waals surface area (Å²) in [7, 11) is 0. The number of urea groups is 1. The minimum atomic E-state index is -0.575. The summed E-state index contributed by atoms with van der Waals surface area (Å²) in [5.41, 5.74) is -0.263. The summed E-state index contributed by atoms with van der Waals surface area (Å²) in [5, 5.41) is 8.04. The van der Waals surface area contributed by atoms with Crippen LogP contribution in [-0.4, -0.2) is 62.1 Å². The monoisotopic (exact) mass is 417 g/mol. The summed E-state index contributed by atoms with van der Waals surface area (Å²) < 4.78 is 9.81. The van der Waals surface area contributed by atoms with E-state index in [0.29, 0.717) is 38.3 Å². The minimum absolute atomic E-state index is 0.0524. The second kappa shape index (κ2) is 12.7. The maximum absolute atomic E-state index is 12.4. The smallest absolute Gasteiger partial charge is 0.333 e. The summed E-state index contributed by atoms with van der Waals surface area (Å²) in [6.45, 7) is 14.4. The van der Waals surface area contributed by atoms with Crippen LogP contribution >= 0.6 is 12.6 Å². The zero-order chi connectivity index (χ0) is 21.8. The number of rotatable bonds is 13. The minimum Gasteiger partial charge on any atom is -0.460 e. The highest BCUT2D eigenvalue weighted by atomic mass is 32.1. The first-order valence-electron chi connectivity index (χ1n) is 9.38. The van der Waals surface area contributed by atoms with E-state index in [4.69, 9.17) is 9.47 Å². The van der Waals surface area contributed by atoms with E-state index in [-0.39, 0.29) is 25.1 Å². The molecule has 0 bridgehead atoms. The number of carbonyl (C=O) groups is 3. The normalized spacial score (nSPS) is 13.2. The van der Waals surface area contributed by atoms with Gasteiger partial charge >= 0.3 is 12.0 Å². The van der Waals surface area contributed by atoms with Crippen molar-refractivity contribution >= 4 is 30.5 Å². The van der Waals surface area contributed by atoms with Gasteiger partial charge in [0.2, 0.25) is 5.91 Å². The number of hydrogen-bond acceptors (Lipinski definition) is 6. The number of carbonyl (C=O) groups excluding carboxylic acids is 3. The summed E-state index contributed by atoms with van der Waals surface area (Å²) in [6.07, 6.45) is 0.682. The molecule has 0 aromatic rings. The third kappa shape index (κ3) is 9.45. The molecule has 0 saturated carbocycles. The van der Waals surface area contributed by atoms with E-state index >= 15 is 0 Å². The van der Waals surface area contributed by atoms with Crippen molar-refractivity contribution in [3.63, 3.8) is 0 Å². The molecule has 9 heteroatoms. The third-order valence-corrected chi connectivity index (χ3v) is 5.09. The van der Waals surface area contributed by atoms with Crippen molar-refractivity contribution in [2.75, 3.05) is 39.5 Å². The maximum Gasteiger partial charge on any atom is 0.333 e. The van der Waals surface area contributed by atoms with Gasteiger partial charge in [0.25, 0.3) is 0 Å². The van der Waals surface area contributed by atoms with Gasteiger partial charge in [-0.2, -0.15) is 12.6 Å². The van der Waals surface area contributed by atoms with E-state index in [1.54, 1.807) is 6.92 Å². The van der Waals surface area contributed by atoms with E-state index < -0.39 is 16.1 Å². The first-order chi connectivity index (χ1) is 13.0. The summed E-state index contributed by atoms with van der Waals surface area (Å²) in [6, 6.07) is -0.377. The molecule has 1 atom stereocenters. The number of amides is 3. The van der Waals surface area contributed by atoms with E-state index in [2.05, 4.69) is 35.2 Å². The Morgan fingerprint density at radius 1 is 0.964 bits per heavy atom. The van der Waals surface area contributed by atoms with Crippen LogP contribution in [-0.2, 0) is 19.1 Å². The Morgan fingerprint density at radius 3 is 1.93 bits per heavy atom. The molecular formula is C19H35N3O5S. The highest BCUT2D eigenvalue weighted by Crippen LogP contribution is 2.39. The predicted octanol–water partition coefficient (Wildman–Crippen LogP) is 1.66. The van der Waals surface area contributed by atoms with Crippen LogP contribution in [0.2, 0.25) is 0 Å². The van der Waals surface area contributed by atoms with E-state index in [0.717, 1.165) is 0 Å². The molecule has 0 aromatic carbocycles. The number of ether oxygens (including phenoxy) is 2. The van der Waals surface area contributed by atoms with Gasteiger partial charge in [0, 0.05) is 23.4 Å². The molecule has 0 aliphatic heterocycles. The van der Waals surface area contributed by atoms with Crippen molar-refractivity contribution < 1.29 is 23.9 Å². The van der Waals surface area contributed by atoms with Crippen LogP contribution in [0, 0.1) is 5.41 Å². The fourth-order valence-electron chi connectivity index (χ4n) is 2.14. The molecule has 0 heterocycles. The van der Waals surface area contributed by atoms with Gasteiger partial charge in [0.05, 0.1) is 25.2 Å². The maximum atomic E-state index is 12.4. The lowest BCUT2D eigenvalue weighted by Crippen LogP contribution is -2.49. The molecule has 3 amide bonds. The lowest BCUT2D eigenvalue weighted by atomic mass is 9.75. The molecule has 0 saturated heterocycles. The van der Waals surface area contributed by atoms with Crippen LogP contribution in [0.1, 0.15) is 41.0 Å². The Bertz CT molecular complexity index is 548. The first-order valence-corrected chi connectivity index (χ1v) is 9.83. The fraction of sp³-hybridized carbons (Fsp3) is 0.737. The summed E-state index contributed by atoms with van der Waals surface area (Å²) in [5.74, 6) is -0.539. The molecule has 8 nitrogen and oxygen atoms in total. The van der Waals surface area contributed by atoms with Crippen molar-refractivity contribution in [1.82, 2.24) is 16.0 Å². The van der Waals surface area contributed by atoms with Crippen molar-refractivity contribution in [2.45, 2.75) is 45.8 Å². The molecule has 162 valence electrons. The van der Waals surface area contributed by atoms with Gasteiger partial charge in [-0.15, -0.1) is 0 Å². The average molecular weight is 418 g/mol. The van der Waals surface area contributed by atoms with Crippen LogP contribution < -0.4 is 16.0 Å². The number of hydrogen-bond donors (Lipinski definition) is 4. The Balaban J connectivity index is 3.79. The Morgan fingerprint density at radius 2 is 1.46 bits per heavy atom. The van der Waals surface area contributed by atoms with E-state index in [1.807, 2.05) is 27.7 Å². The van der Waals surface area contributed by atoms with Gasteiger partial charge in [-0.25, -0.2) is 9.59 Å². The lowest BCUT2D eigenvalue weighted by molar-refractivity contribution is -0.138. The molecule has 0 aromatic heterocycles. The number of thiol groups is 1. The van der Waals surface area contributed by atoms with Gasteiger partial charge in [-0.3, -0.25) is 4.79 Å². The molecule has 0 spiro atoms. The summed E-state index contributed by atoms with van der Waals surface area (Å²) >= 11 is 4.55. The van der Waals surface area contributed by atoms with Gasteiger partial charge in [-0.1, -0.05) is 13.5 Å². The van der Waals surface area contributed by atoms with Crippen LogP contribution in [0.15, 0.2) is 12.2 Å². The van der Waals surface area contributed by atoms with Crippen molar-refractivity contribution in [3.8, 4) is 0 Å². The Hall–Kier alpha value is -1.74. The van der Waals surface area contributed by atoms with Gasteiger partial charge < -0.3 is 25.4 Å². The SMILES string of the molecule is C=C(C)C(=O)OCCNC(=O)NCCOCCNC(=O)C(C)(CC)C(C)(C)S. The topological polar surface area (TPSA) is 106 Å². The van der Waals surface area contributed by atoms with E-state index in [9.17, 15) is 14.4 Å². The second-order valence-electron chi connectivity index (χ2n) is 7.21. The molecule has 0 aliphatic rings. The van der Waals surface area contributed by atoms with E-state index in [1.165, 1.54) is 0 Å². The number of esters is 1. The van der Waals surface area contributed by atoms with Crippen molar-refractivity contribution in [1.29, 1.82) is 0 Å². The van der Waals surface area contributed by atoms with Crippen LogP contribution in [0.3, 0.4) is 0 Å². The first kappa shape index (κ1) is 26.3. The standard InChI is InChI=1S/C19H35N3O5S/c1-7-19(6,18(4,5)28)16(24)20-8-11-26-12-9-21-17(25)22-10-13-27-15(23)14(2)3/h28H,2,7-13H2,1,3-6H3,(H,20,24)(H2,21,22,25). The van der Waals surface area contributed by atoms with Gasteiger partial charge in [0.1, 0.15) is 6.61 Å². The Labute approximate surface area is 173 Å². The van der Waals surface area contributed by atoms with Gasteiger partial charge in [-0.05, 0) is 34.1 Å². The Kier molecular flexibility index (Phi) is 11.9. The van der Waals surface area contributed by atoms with Crippen LogP contribution in [0.5, 0.6) is 0 Å². The summed E-state index contributed by atoms with van der Waals surface area (Å²) in [4.78, 5) is 35.1. The predicted molar refractivity (Wildman–Crippen MR) is 112 cm³/mol. The van der Waals surface area contributed by atoms with Crippen LogP contribution in [0.4, 0.5) is 4.79 Å². The largest absolute Gasteiger partial charge is 0.460 e. The van der Waals surface area contributed by atoms with Crippen molar-refractivity contribution in [3.05, 3.63) is 12.2 Å². The molecule has 0 aliphatic carbocycles. The highest BCUT2D eigenvalue weighted by molar-refractivity contribution is 7.81. The van der Waals surface area contributed by atoms with Crippen molar-refractivity contribution in [2.24, 2.45) is 5.41 Å². The molecule has 0 radical (unpaired) electrons. The molecular weight excluding hydrogens is 382 g/mol. The number of nitrogens with one attached hydrogen (secondary N) is 3. The molecule has 1 unspecified atom stereocenters. The zero-order valence-corrected chi connectivity index (χ0v) is 18.5. The molecule has 28 heavy (non-hydrogen) atoms. The third-order valence-electron chi connectivity index (χ3n) is 4.59. The van der Waals surface area contributed by atoms with Gasteiger partial charge in [0.15, 0.2) is 0 Å². The molecule has 0 rings (SSSR count). The average Bonchev–Trinajstić information content (AvgIpc) is 2.62. The molecule has 3 N–H and O–H groups in total. The second-order valence-corrected chi connectivity index (χ2v) is 8.33. The quantitative estimate of drug-likeness (QED) is 0.158. The lowest BCUT2D eigenvalue weighted by Gasteiger charge is -2.38. The van der Waals surface area contributed by atoms with Crippen LogP contribution in [0.25, 0.3) is 0 Å². The molecule has 0 fully saturated rings. The zero-order valence-electron chi connectivity index (χ0n) is 17.6. The fourth-order valence-corrected chi connectivity index (χ4v) is 2.40.